The quantitative estimate of drug-likeness (QED) is 0.744. The van der Waals surface area contributed by atoms with Crippen molar-refractivity contribution in [3.05, 3.63) is 65.7 Å². The minimum atomic E-state index is 0.765. The summed E-state index contributed by atoms with van der Waals surface area (Å²) < 4.78 is 0. The first-order valence-corrected chi connectivity index (χ1v) is 4.92. The average molecular weight is 199 g/mol. The van der Waals surface area contributed by atoms with Crippen LogP contribution in [0.5, 0.6) is 0 Å². The monoisotopic (exact) mass is 199 g/mol. The normalized spacial score (nSPS) is 9.93. The van der Waals surface area contributed by atoms with E-state index in [4.69, 9.17) is 5.21 Å². The molecule has 0 saturated carbocycles. The van der Waals surface area contributed by atoms with Gasteiger partial charge in [0.25, 0.3) is 0 Å². The molecule has 2 rings (SSSR count). The lowest BCUT2D eigenvalue weighted by Gasteiger charge is -2.07. The number of hydrogen-bond donors (Lipinski definition) is 2. The third kappa shape index (κ3) is 2.36. The van der Waals surface area contributed by atoms with E-state index >= 15 is 0 Å². The molecule has 0 aromatic heterocycles. The van der Waals surface area contributed by atoms with E-state index in [1.54, 1.807) is 0 Å². The summed E-state index contributed by atoms with van der Waals surface area (Å²) in [5.74, 6) is 0. The van der Waals surface area contributed by atoms with Crippen LogP contribution in [0.4, 0.5) is 5.69 Å². The van der Waals surface area contributed by atoms with Crippen molar-refractivity contribution in [1.29, 1.82) is 0 Å². The van der Waals surface area contributed by atoms with E-state index < -0.39 is 0 Å². The van der Waals surface area contributed by atoms with Crippen molar-refractivity contribution in [3.63, 3.8) is 0 Å². The first kappa shape index (κ1) is 9.74. The molecule has 15 heavy (non-hydrogen) atoms. The van der Waals surface area contributed by atoms with Gasteiger partial charge in [-0.05, 0) is 23.6 Å². The summed E-state index contributed by atoms with van der Waals surface area (Å²) >= 11 is 0. The molecule has 0 spiro atoms. The predicted octanol–water partition coefficient (Wildman–Crippen LogP) is 3.08. The first-order valence-electron chi connectivity index (χ1n) is 4.92. The molecule has 0 aliphatic rings. The molecule has 0 radical (unpaired) electrons. The maximum Gasteiger partial charge on any atom is 0.0637 e. The standard InChI is InChI=1S/C13H13NO/c15-14-13-9-5-4-8-12(13)10-11-6-2-1-3-7-11/h1-9,14-15H,10H2. The second-order valence-electron chi connectivity index (χ2n) is 3.43. The Bertz CT molecular complexity index is 426. The number of benzene rings is 2. The molecule has 2 N–H and O–H groups in total. The van der Waals surface area contributed by atoms with Gasteiger partial charge in [-0.3, -0.25) is 10.7 Å². The Morgan fingerprint density at radius 3 is 2.27 bits per heavy atom. The molecule has 76 valence electrons. The maximum atomic E-state index is 8.95. The molecular weight excluding hydrogens is 186 g/mol. The van der Waals surface area contributed by atoms with Crippen molar-refractivity contribution in [1.82, 2.24) is 0 Å². The van der Waals surface area contributed by atoms with Crippen LogP contribution in [0.15, 0.2) is 54.6 Å². The van der Waals surface area contributed by atoms with E-state index in [1.165, 1.54) is 5.56 Å². The Morgan fingerprint density at radius 2 is 1.53 bits per heavy atom. The lowest BCUT2D eigenvalue weighted by molar-refractivity contribution is 0.388. The van der Waals surface area contributed by atoms with Crippen LogP contribution in [0.2, 0.25) is 0 Å². The highest BCUT2D eigenvalue weighted by Gasteiger charge is 2.00. The summed E-state index contributed by atoms with van der Waals surface area (Å²) in [6.07, 6.45) is 0.824. The van der Waals surface area contributed by atoms with E-state index in [0.717, 1.165) is 17.7 Å². The number of para-hydroxylation sites is 1. The smallest absolute Gasteiger partial charge is 0.0637 e. The van der Waals surface area contributed by atoms with Gasteiger partial charge in [0.2, 0.25) is 0 Å². The van der Waals surface area contributed by atoms with E-state index in [-0.39, 0.29) is 0 Å². The van der Waals surface area contributed by atoms with Crippen LogP contribution in [0.3, 0.4) is 0 Å². The van der Waals surface area contributed by atoms with Gasteiger partial charge in [0, 0.05) is 0 Å². The topological polar surface area (TPSA) is 32.3 Å². The number of anilines is 1. The summed E-state index contributed by atoms with van der Waals surface area (Å²) in [5.41, 5.74) is 5.31. The van der Waals surface area contributed by atoms with Gasteiger partial charge in [0.05, 0.1) is 5.69 Å². The van der Waals surface area contributed by atoms with Gasteiger partial charge < -0.3 is 0 Å². The Morgan fingerprint density at radius 1 is 0.867 bits per heavy atom. The molecule has 0 heterocycles. The molecule has 2 aromatic rings. The fourth-order valence-electron chi connectivity index (χ4n) is 1.60. The van der Waals surface area contributed by atoms with Crippen LogP contribution in [-0.2, 0) is 6.42 Å². The van der Waals surface area contributed by atoms with E-state index in [0.29, 0.717) is 0 Å². The summed E-state index contributed by atoms with van der Waals surface area (Å²) in [7, 11) is 0. The van der Waals surface area contributed by atoms with Gasteiger partial charge in [-0.2, -0.15) is 0 Å². The Hall–Kier alpha value is -1.80. The van der Waals surface area contributed by atoms with Gasteiger partial charge in [0.1, 0.15) is 0 Å². The van der Waals surface area contributed by atoms with Crippen LogP contribution in [-0.4, -0.2) is 5.21 Å². The molecule has 2 nitrogen and oxygen atoms in total. The third-order valence-corrected chi connectivity index (χ3v) is 2.38. The largest absolute Gasteiger partial charge is 0.291 e. The van der Waals surface area contributed by atoms with Gasteiger partial charge in [-0.15, -0.1) is 0 Å². The fraction of sp³-hybridized carbons (Fsp3) is 0.0769. The van der Waals surface area contributed by atoms with Crippen LogP contribution in [0.25, 0.3) is 0 Å². The molecule has 0 aliphatic carbocycles. The van der Waals surface area contributed by atoms with E-state index in [2.05, 4.69) is 17.6 Å². The number of rotatable bonds is 3. The van der Waals surface area contributed by atoms with Crippen molar-refractivity contribution < 1.29 is 5.21 Å². The highest BCUT2D eigenvalue weighted by Crippen LogP contribution is 2.17. The summed E-state index contributed by atoms with van der Waals surface area (Å²) in [6.45, 7) is 0. The summed E-state index contributed by atoms with van der Waals surface area (Å²) in [5, 5.41) is 8.95. The van der Waals surface area contributed by atoms with E-state index in [9.17, 15) is 0 Å². The zero-order chi connectivity index (χ0) is 10.5. The van der Waals surface area contributed by atoms with Crippen molar-refractivity contribution >= 4 is 5.69 Å². The predicted molar refractivity (Wildman–Crippen MR) is 61.1 cm³/mol. The second kappa shape index (κ2) is 4.62. The lowest BCUT2D eigenvalue weighted by atomic mass is 10.0. The molecule has 0 unspecified atom stereocenters. The van der Waals surface area contributed by atoms with Crippen molar-refractivity contribution in [3.8, 4) is 0 Å². The Labute approximate surface area is 89.2 Å². The molecule has 0 fully saturated rings. The molecule has 0 bridgehead atoms. The molecule has 2 heteroatoms. The van der Waals surface area contributed by atoms with Gasteiger partial charge in [0.15, 0.2) is 0 Å². The van der Waals surface area contributed by atoms with Gasteiger partial charge in [-0.1, -0.05) is 48.5 Å². The van der Waals surface area contributed by atoms with Crippen molar-refractivity contribution in [2.24, 2.45) is 0 Å². The van der Waals surface area contributed by atoms with Gasteiger partial charge in [-0.25, -0.2) is 0 Å². The van der Waals surface area contributed by atoms with Crippen LogP contribution < -0.4 is 5.48 Å². The van der Waals surface area contributed by atoms with Crippen molar-refractivity contribution in [2.45, 2.75) is 6.42 Å². The first-order chi connectivity index (χ1) is 7.40. The zero-order valence-corrected chi connectivity index (χ0v) is 8.35. The Kier molecular flexibility index (Phi) is 3.00. The second-order valence-corrected chi connectivity index (χ2v) is 3.43. The molecule has 0 saturated heterocycles. The third-order valence-electron chi connectivity index (χ3n) is 2.38. The molecule has 0 atom stereocenters. The minimum Gasteiger partial charge on any atom is -0.291 e. The molecular formula is C13H13NO. The van der Waals surface area contributed by atoms with Crippen molar-refractivity contribution in [2.75, 3.05) is 5.48 Å². The summed E-state index contributed by atoms with van der Waals surface area (Å²) in [4.78, 5) is 0. The minimum absolute atomic E-state index is 0.765. The highest BCUT2D eigenvalue weighted by molar-refractivity contribution is 5.50. The maximum absolute atomic E-state index is 8.95. The van der Waals surface area contributed by atoms with Crippen LogP contribution in [0, 0.1) is 0 Å². The SMILES string of the molecule is ONc1ccccc1Cc1ccccc1. The van der Waals surface area contributed by atoms with Crippen LogP contribution in [0.1, 0.15) is 11.1 Å². The fourth-order valence-corrected chi connectivity index (χ4v) is 1.60. The van der Waals surface area contributed by atoms with Crippen LogP contribution >= 0.6 is 0 Å². The van der Waals surface area contributed by atoms with E-state index in [1.807, 2.05) is 42.5 Å². The molecule has 2 aromatic carbocycles. The Balaban J connectivity index is 2.24. The lowest BCUT2D eigenvalue weighted by Crippen LogP contribution is -1.96. The average Bonchev–Trinajstić information content (AvgIpc) is 2.31. The zero-order valence-electron chi connectivity index (χ0n) is 8.35. The number of hydrogen-bond acceptors (Lipinski definition) is 2. The number of nitrogens with one attached hydrogen (secondary N) is 1. The van der Waals surface area contributed by atoms with Gasteiger partial charge >= 0.3 is 0 Å². The summed E-state index contributed by atoms with van der Waals surface area (Å²) in [6, 6.07) is 17.9. The highest BCUT2D eigenvalue weighted by atomic mass is 16.5. The molecule has 0 amide bonds. The molecule has 0 aliphatic heterocycles.